The average molecular weight is 544 g/mol. The fourth-order valence-corrected chi connectivity index (χ4v) is 6.11. The molecule has 0 radical (unpaired) electrons. The Morgan fingerprint density at radius 2 is 1.84 bits per heavy atom. The summed E-state index contributed by atoms with van der Waals surface area (Å²) in [5, 5.41) is 0. The van der Waals surface area contributed by atoms with Crippen molar-refractivity contribution in [2.45, 2.75) is 31.7 Å². The number of aromatic nitrogens is 2. The third-order valence-corrected chi connectivity index (χ3v) is 8.63. The zero-order valence-electron chi connectivity index (χ0n) is 22.0. The molecule has 1 atom stereocenters. The van der Waals surface area contributed by atoms with Crippen LogP contribution in [0, 0.1) is 13.8 Å². The van der Waals surface area contributed by atoms with Gasteiger partial charge in [-0.2, -0.15) is 0 Å². The topological polar surface area (TPSA) is 65.6 Å². The van der Waals surface area contributed by atoms with E-state index in [1.54, 1.807) is 23.3 Å². The molecular weight excluding hydrogens is 514 g/mol. The van der Waals surface area contributed by atoms with Crippen molar-refractivity contribution in [1.29, 1.82) is 0 Å². The minimum Gasteiger partial charge on any atom is -0.463 e. The molecule has 5 rings (SSSR count). The Labute approximate surface area is 229 Å². The number of hydrogen-bond acceptors (Lipinski definition) is 6. The quantitative estimate of drug-likeness (QED) is 0.263. The highest BCUT2D eigenvalue weighted by Crippen LogP contribution is 2.35. The summed E-state index contributed by atoms with van der Waals surface area (Å²) >= 11 is 2.98. The maximum Gasteiger partial charge on any atom is 0.338 e. The summed E-state index contributed by atoms with van der Waals surface area (Å²) < 4.78 is 9.86. The first-order valence-corrected chi connectivity index (χ1v) is 14.4. The number of benzene rings is 2. The molecule has 2 aromatic heterocycles. The standard InChI is InChI=1S/C30H29N3O3S2/c1-6-36-29(35)25-26(20-10-8-7-9-11-20)31-30-33(27(25)21-12-14-23(37-5)15-13-21)28(34)24(38-30)17-22-16-18(2)32(4)19(22)3/h7-17,27H,6H2,1-5H3/b24-17+/t27-/m0/s1. The summed E-state index contributed by atoms with van der Waals surface area (Å²) in [5.74, 6) is -0.474. The van der Waals surface area contributed by atoms with Gasteiger partial charge < -0.3 is 9.30 Å². The van der Waals surface area contributed by atoms with Gasteiger partial charge in [0.05, 0.1) is 28.5 Å². The van der Waals surface area contributed by atoms with Gasteiger partial charge in [-0.1, -0.05) is 53.8 Å². The number of aryl methyl sites for hydroxylation is 1. The van der Waals surface area contributed by atoms with Crippen molar-refractivity contribution in [1.82, 2.24) is 9.13 Å². The molecule has 0 N–H and O–H groups in total. The maximum absolute atomic E-state index is 14.0. The molecule has 1 aliphatic rings. The van der Waals surface area contributed by atoms with Crippen LogP contribution in [0.25, 0.3) is 11.8 Å². The van der Waals surface area contributed by atoms with E-state index in [0.717, 1.165) is 33.0 Å². The molecule has 0 spiro atoms. The molecule has 6 nitrogen and oxygen atoms in total. The molecule has 2 aromatic carbocycles. The Morgan fingerprint density at radius 3 is 2.45 bits per heavy atom. The maximum atomic E-state index is 14.0. The van der Waals surface area contributed by atoms with E-state index < -0.39 is 12.0 Å². The van der Waals surface area contributed by atoms with Gasteiger partial charge in [0, 0.05) is 28.9 Å². The van der Waals surface area contributed by atoms with Crippen LogP contribution in [0.4, 0.5) is 0 Å². The van der Waals surface area contributed by atoms with E-state index in [-0.39, 0.29) is 12.2 Å². The van der Waals surface area contributed by atoms with Gasteiger partial charge in [-0.05, 0) is 62.4 Å². The lowest BCUT2D eigenvalue weighted by Crippen LogP contribution is -2.40. The van der Waals surface area contributed by atoms with E-state index in [2.05, 4.69) is 10.6 Å². The first-order chi connectivity index (χ1) is 18.3. The molecule has 194 valence electrons. The molecule has 3 heterocycles. The first-order valence-electron chi connectivity index (χ1n) is 12.4. The SMILES string of the molecule is CCOC(=O)C1=C(c2ccccc2)N=c2s/c(=C/c3cc(C)n(C)c3C)c(=O)n2[C@H]1c1ccc(SC)cc1. The van der Waals surface area contributed by atoms with E-state index in [4.69, 9.17) is 9.73 Å². The van der Waals surface area contributed by atoms with Crippen molar-refractivity contribution in [2.24, 2.45) is 12.0 Å². The van der Waals surface area contributed by atoms with Gasteiger partial charge in [0.1, 0.15) is 0 Å². The predicted molar refractivity (Wildman–Crippen MR) is 154 cm³/mol. The number of thiazole rings is 1. The molecular formula is C30H29N3O3S2. The van der Waals surface area contributed by atoms with Crippen LogP contribution in [0.15, 0.2) is 80.9 Å². The van der Waals surface area contributed by atoms with Gasteiger partial charge in [0.25, 0.3) is 5.56 Å². The number of hydrogen-bond donors (Lipinski definition) is 0. The second kappa shape index (κ2) is 10.6. The molecule has 0 saturated carbocycles. The molecule has 0 bridgehead atoms. The lowest BCUT2D eigenvalue weighted by Gasteiger charge is -2.26. The lowest BCUT2D eigenvalue weighted by atomic mass is 9.93. The third-order valence-electron chi connectivity index (χ3n) is 6.91. The second-order valence-electron chi connectivity index (χ2n) is 9.09. The van der Waals surface area contributed by atoms with Crippen molar-refractivity contribution >= 4 is 40.8 Å². The minimum absolute atomic E-state index is 0.178. The zero-order valence-corrected chi connectivity index (χ0v) is 23.7. The molecule has 4 aromatic rings. The minimum atomic E-state index is -0.669. The van der Waals surface area contributed by atoms with Gasteiger partial charge in [-0.15, -0.1) is 11.8 Å². The predicted octanol–water partition coefficient (Wildman–Crippen LogP) is 4.61. The normalized spacial score (nSPS) is 15.4. The summed E-state index contributed by atoms with van der Waals surface area (Å²) in [7, 11) is 2.01. The van der Waals surface area contributed by atoms with Crippen molar-refractivity contribution < 1.29 is 9.53 Å². The smallest absolute Gasteiger partial charge is 0.338 e. The van der Waals surface area contributed by atoms with Crippen molar-refractivity contribution in [3.05, 3.63) is 114 Å². The monoisotopic (exact) mass is 543 g/mol. The Hall–Kier alpha value is -3.62. The van der Waals surface area contributed by atoms with Crippen molar-refractivity contribution in [2.75, 3.05) is 12.9 Å². The van der Waals surface area contributed by atoms with E-state index >= 15 is 0 Å². The van der Waals surface area contributed by atoms with Gasteiger partial charge in [-0.3, -0.25) is 9.36 Å². The number of rotatable bonds is 6. The molecule has 0 amide bonds. The Kier molecular flexibility index (Phi) is 7.27. The first kappa shape index (κ1) is 26.0. The van der Waals surface area contributed by atoms with E-state index in [9.17, 15) is 9.59 Å². The van der Waals surface area contributed by atoms with Crippen LogP contribution in [0.1, 0.15) is 41.0 Å². The van der Waals surface area contributed by atoms with Crippen LogP contribution in [0.5, 0.6) is 0 Å². The Balaban J connectivity index is 1.83. The summed E-state index contributed by atoms with van der Waals surface area (Å²) in [6, 6.07) is 19.0. The molecule has 0 saturated heterocycles. The fraction of sp³-hybridized carbons (Fsp3) is 0.233. The Bertz CT molecular complexity index is 1730. The van der Waals surface area contributed by atoms with Crippen LogP contribution < -0.4 is 14.9 Å². The van der Waals surface area contributed by atoms with E-state index in [1.807, 2.05) is 87.8 Å². The molecule has 8 heteroatoms. The van der Waals surface area contributed by atoms with Gasteiger partial charge in [-0.25, -0.2) is 9.79 Å². The molecule has 0 fully saturated rings. The summed E-state index contributed by atoms with van der Waals surface area (Å²) in [6.07, 6.45) is 3.94. The zero-order chi connectivity index (χ0) is 27.0. The molecule has 0 aliphatic carbocycles. The highest BCUT2D eigenvalue weighted by molar-refractivity contribution is 7.98. The molecule has 0 unspecified atom stereocenters. The highest BCUT2D eigenvalue weighted by atomic mass is 32.2. The van der Waals surface area contributed by atoms with Crippen molar-refractivity contribution in [3.63, 3.8) is 0 Å². The summed E-state index contributed by atoms with van der Waals surface area (Å²) in [4.78, 5) is 34.1. The Morgan fingerprint density at radius 1 is 1.13 bits per heavy atom. The van der Waals surface area contributed by atoms with Crippen LogP contribution in [0.3, 0.4) is 0 Å². The number of fused-ring (bicyclic) bond motifs is 1. The number of thioether (sulfide) groups is 1. The van der Waals surface area contributed by atoms with Crippen LogP contribution in [-0.4, -0.2) is 28.0 Å². The number of esters is 1. The van der Waals surface area contributed by atoms with E-state index in [1.165, 1.54) is 11.3 Å². The third kappa shape index (κ3) is 4.59. The number of carbonyl (C=O) groups excluding carboxylic acids is 1. The number of ether oxygens (including phenoxy) is 1. The molecule has 1 aliphatic heterocycles. The van der Waals surface area contributed by atoms with E-state index in [0.29, 0.717) is 20.6 Å². The average Bonchev–Trinajstić information content (AvgIpc) is 3.38. The summed E-state index contributed by atoms with van der Waals surface area (Å²) in [5.41, 5.74) is 5.52. The van der Waals surface area contributed by atoms with Crippen molar-refractivity contribution in [3.8, 4) is 0 Å². The summed E-state index contributed by atoms with van der Waals surface area (Å²) in [6.45, 7) is 6.09. The van der Waals surface area contributed by atoms with Gasteiger partial charge >= 0.3 is 5.97 Å². The fourth-order valence-electron chi connectivity index (χ4n) is 4.71. The van der Waals surface area contributed by atoms with Crippen LogP contribution in [0.2, 0.25) is 0 Å². The van der Waals surface area contributed by atoms with Gasteiger partial charge in [0.15, 0.2) is 4.80 Å². The second-order valence-corrected chi connectivity index (χ2v) is 11.0. The largest absolute Gasteiger partial charge is 0.463 e. The lowest BCUT2D eigenvalue weighted by molar-refractivity contribution is -0.138. The molecule has 38 heavy (non-hydrogen) atoms. The van der Waals surface area contributed by atoms with Crippen LogP contribution >= 0.6 is 23.1 Å². The number of carbonyl (C=O) groups is 1. The van der Waals surface area contributed by atoms with Crippen LogP contribution in [-0.2, 0) is 16.6 Å². The number of nitrogens with zero attached hydrogens (tertiary/aromatic N) is 3. The highest BCUT2D eigenvalue weighted by Gasteiger charge is 2.35. The van der Waals surface area contributed by atoms with Gasteiger partial charge in [0.2, 0.25) is 0 Å².